The van der Waals surface area contributed by atoms with E-state index in [2.05, 4.69) is 11.4 Å². The Bertz CT molecular complexity index is 1230. The molecule has 2 aliphatic rings. The molecule has 0 saturated heterocycles. The van der Waals surface area contributed by atoms with E-state index in [9.17, 15) is 4.79 Å². The molecule has 3 aromatic rings. The summed E-state index contributed by atoms with van der Waals surface area (Å²) in [7, 11) is 0. The highest BCUT2D eigenvalue weighted by Crippen LogP contribution is 2.40. The van der Waals surface area contributed by atoms with E-state index in [1.54, 1.807) is 11.3 Å². The third kappa shape index (κ3) is 4.67. The maximum absolute atomic E-state index is 13.6. The van der Waals surface area contributed by atoms with Crippen molar-refractivity contribution < 1.29 is 14.3 Å². The van der Waals surface area contributed by atoms with Crippen LogP contribution in [0.15, 0.2) is 41.4 Å². The van der Waals surface area contributed by atoms with Gasteiger partial charge in [-0.2, -0.15) is 0 Å². The van der Waals surface area contributed by atoms with Crippen molar-refractivity contribution in [1.82, 2.24) is 0 Å². The van der Waals surface area contributed by atoms with E-state index in [0.717, 1.165) is 70.1 Å². The molecule has 0 radical (unpaired) electrons. The third-order valence-electron chi connectivity index (χ3n) is 6.25. The minimum absolute atomic E-state index is 0.0698. The van der Waals surface area contributed by atoms with E-state index in [-0.39, 0.29) is 12.7 Å². The Balaban J connectivity index is 1.50. The Morgan fingerprint density at radius 2 is 1.82 bits per heavy atom. The summed E-state index contributed by atoms with van der Waals surface area (Å²) in [6, 6.07) is 11.9. The van der Waals surface area contributed by atoms with Crippen LogP contribution >= 0.6 is 11.3 Å². The third-order valence-corrected chi connectivity index (χ3v) is 7.45. The van der Waals surface area contributed by atoms with Crippen molar-refractivity contribution in [2.24, 2.45) is 4.99 Å². The summed E-state index contributed by atoms with van der Waals surface area (Å²) in [5.74, 6) is 1.41. The Morgan fingerprint density at radius 3 is 2.70 bits per heavy atom. The number of rotatable bonds is 4. The first-order valence-electron chi connectivity index (χ1n) is 11.6. The van der Waals surface area contributed by atoms with Gasteiger partial charge in [-0.1, -0.05) is 25.0 Å². The average molecular weight is 461 g/mol. The number of thiophene rings is 1. The van der Waals surface area contributed by atoms with Gasteiger partial charge in [0.15, 0.2) is 11.5 Å². The van der Waals surface area contributed by atoms with Crippen molar-refractivity contribution in [3.05, 3.63) is 69.1 Å². The molecule has 2 heterocycles. The SMILES string of the molecule is Cc1ccc(C)c(NC(=O)c2c(N=Cc3ccc4c(c3)OCO4)sc3c2CCCCCC3)c1. The van der Waals surface area contributed by atoms with Crippen molar-refractivity contribution >= 4 is 34.1 Å². The van der Waals surface area contributed by atoms with E-state index < -0.39 is 0 Å². The number of carbonyl (C=O) groups is 1. The summed E-state index contributed by atoms with van der Waals surface area (Å²) < 4.78 is 10.9. The largest absolute Gasteiger partial charge is 0.454 e. The molecule has 1 aliphatic heterocycles. The Kier molecular flexibility index (Phi) is 6.18. The second kappa shape index (κ2) is 9.40. The number of fused-ring (bicyclic) bond motifs is 2. The summed E-state index contributed by atoms with van der Waals surface area (Å²) in [5.41, 5.74) is 5.86. The van der Waals surface area contributed by atoms with Crippen LogP contribution in [0.25, 0.3) is 0 Å². The van der Waals surface area contributed by atoms with Gasteiger partial charge in [0.2, 0.25) is 6.79 Å². The van der Waals surface area contributed by atoms with Gasteiger partial charge in [0.25, 0.3) is 5.91 Å². The maximum atomic E-state index is 13.6. The topological polar surface area (TPSA) is 59.9 Å². The van der Waals surface area contributed by atoms with Crippen LogP contribution < -0.4 is 14.8 Å². The average Bonchev–Trinajstić information content (AvgIpc) is 3.38. The van der Waals surface area contributed by atoms with Crippen LogP contribution in [0.5, 0.6) is 11.5 Å². The number of nitrogens with one attached hydrogen (secondary N) is 1. The van der Waals surface area contributed by atoms with E-state index in [1.807, 2.05) is 50.4 Å². The van der Waals surface area contributed by atoms with Gasteiger partial charge in [-0.15, -0.1) is 11.3 Å². The molecule has 0 bridgehead atoms. The molecule has 0 atom stereocenters. The van der Waals surface area contributed by atoms with E-state index >= 15 is 0 Å². The first kappa shape index (κ1) is 21.7. The molecule has 0 saturated carbocycles. The van der Waals surface area contributed by atoms with Crippen molar-refractivity contribution in [3.63, 3.8) is 0 Å². The van der Waals surface area contributed by atoms with Gasteiger partial charge in [0.05, 0.1) is 5.56 Å². The summed E-state index contributed by atoms with van der Waals surface area (Å²) in [4.78, 5) is 19.7. The summed E-state index contributed by atoms with van der Waals surface area (Å²) >= 11 is 1.66. The lowest BCUT2D eigenvalue weighted by Crippen LogP contribution is -2.15. The molecule has 0 fully saturated rings. The fraction of sp³-hybridized carbons (Fsp3) is 0.333. The zero-order valence-corrected chi connectivity index (χ0v) is 19.9. The Labute approximate surface area is 198 Å². The van der Waals surface area contributed by atoms with E-state index in [1.165, 1.54) is 23.3 Å². The monoisotopic (exact) mass is 460 g/mol. The number of hydrogen-bond donors (Lipinski definition) is 1. The second-order valence-corrected chi connectivity index (χ2v) is 9.83. The lowest BCUT2D eigenvalue weighted by atomic mass is 9.96. The zero-order valence-electron chi connectivity index (χ0n) is 19.1. The molecule has 1 aromatic heterocycles. The number of nitrogens with zero attached hydrogens (tertiary/aromatic N) is 1. The molecule has 0 unspecified atom stereocenters. The number of aliphatic imine (C=N–C) groups is 1. The van der Waals surface area contributed by atoms with Gasteiger partial charge < -0.3 is 14.8 Å². The van der Waals surface area contributed by atoms with Crippen LogP contribution in [0.1, 0.15) is 63.2 Å². The number of aryl methyl sites for hydroxylation is 3. The second-order valence-electron chi connectivity index (χ2n) is 8.74. The summed E-state index contributed by atoms with van der Waals surface area (Å²) in [6.07, 6.45) is 8.50. The minimum Gasteiger partial charge on any atom is -0.454 e. The van der Waals surface area contributed by atoms with Crippen LogP contribution in [0.3, 0.4) is 0 Å². The predicted octanol–water partition coefficient (Wildman–Crippen LogP) is 6.76. The van der Waals surface area contributed by atoms with Crippen LogP contribution in [-0.4, -0.2) is 18.9 Å². The minimum atomic E-state index is -0.0698. The molecule has 0 spiro atoms. The molecule has 1 amide bonds. The van der Waals surface area contributed by atoms with Crippen LogP contribution in [0.4, 0.5) is 10.7 Å². The predicted molar refractivity (Wildman–Crippen MR) is 134 cm³/mol. The molecule has 1 N–H and O–H groups in total. The summed E-state index contributed by atoms with van der Waals surface area (Å²) in [5, 5.41) is 3.95. The van der Waals surface area contributed by atoms with Crippen molar-refractivity contribution in [3.8, 4) is 11.5 Å². The quantitative estimate of drug-likeness (QED) is 0.438. The van der Waals surface area contributed by atoms with Crippen LogP contribution in [0.2, 0.25) is 0 Å². The highest BCUT2D eigenvalue weighted by atomic mass is 32.1. The summed E-state index contributed by atoms with van der Waals surface area (Å²) in [6.45, 7) is 4.30. The fourth-order valence-electron chi connectivity index (χ4n) is 4.41. The zero-order chi connectivity index (χ0) is 22.8. The van der Waals surface area contributed by atoms with Crippen LogP contribution in [0, 0.1) is 13.8 Å². The van der Waals surface area contributed by atoms with Gasteiger partial charge >= 0.3 is 0 Å². The van der Waals surface area contributed by atoms with Crippen molar-refractivity contribution in [2.75, 3.05) is 12.1 Å². The standard InChI is InChI=1S/C27H28N2O3S/c1-17-9-10-18(2)21(13-17)29-26(30)25-20-7-5-3-4-6-8-24(20)33-27(25)28-15-19-11-12-22-23(14-19)32-16-31-22/h9-15H,3-8,16H2,1-2H3,(H,29,30). The molecule has 1 aliphatic carbocycles. The Morgan fingerprint density at radius 1 is 1.00 bits per heavy atom. The van der Waals surface area contributed by atoms with Gasteiger partial charge in [0, 0.05) is 16.8 Å². The first-order valence-corrected chi connectivity index (χ1v) is 12.4. The van der Waals surface area contributed by atoms with E-state index in [0.29, 0.717) is 0 Å². The van der Waals surface area contributed by atoms with Crippen molar-refractivity contribution in [2.45, 2.75) is 52.4 Å². The molecule has 5 nitrogen and oxygen atoms in total. The van der Waals surface area contributed by atoms with Crippen LogP contribution in [-0.2, 0) is 12.8 Å². The van der Waals surface area contributed by atoms with Gasteiger partial charge in [0.1, 0.15) is 5.00 Å². The molecule has 6 heteroatoms. The number of benzene rings is 2. The lowest BCUT2D eigenvalue weighted by molar-refractivity contribution is 0.102. The molecule has 33 heavy (non-hydrogen) atoms. The van der Waals surface area contributed by atoms with Gasteiger partial charge in [-0.05, 0) is 86.1 Å². The first-order chi connectivity index (χ1) is 16.1. The molecule has 170 valence electrons. The van der Waals surface area contributed by atoms with Crippen molar-refractivity contribution in [1.29, 1.82) is 0 Å². The number of carbonyl (C=O) groups excluding carboxylic acids is 1. The number of anilines is 1. The highest BCUT2D eigenvalue weighted by Gasteiger charge is 2.24. The van der Waals surface area contributed by atoms with E-state index in [4.69, 9.17) is 14.5 Å². The number of amides is 1. The lowest BCUT2D eigenvalue weighted by Gasteiger charge is -2.13. The van der Waals surface area contributed by atoms with Gasteiger partial charge in [-0.25, -0.2) is 4.99 Å². The fourth-order valence-corrected chi connectivity index (χ4v) is 5.64. The molecule has 2 aromatic carbocycles. The molecule has 5 rings (SSSR count). The number of hydrogen-bond acceptors (Lipinski definition) is 5. The van der Waals surface area contributed by atoms with Gasteiger partial charge in [-0.3, -0.25) is 4.79 Å². The normalized spacial score (nSPS) is 15.2. The smallest absolute Gasteiger partial charge is 0.259 e. The Hall–Kier alpha value is -3.12. The maximum Gasteiger partial charge on any atom is 0.259 e. The molecular formula is C27H28N2O3S. The number of ether oxygens (including phenoxy) is 2. The highest BCUT2D eigenvalue weighted by molar-refractivity contribution is 7.16. The molecular weight excluding hydrogens is 432 g/mol.